The van der Waals surface area contributed by atoms with Crippen LogP contribution in [0.5, 0.6) is 92.0 Å². The van der Waals surface area contributed by atoms with Crippen LogP contribution in [0.4, 0.5) is 0 Å². The summed E-state index contributed by atoms with van der Waals surface area (Å²) in [6.45, 7) is 74.1. The molecule has 3 aromatic heterocycles. The predicted octanol–water partition coefficient (Wildman–Crippen LogP) is 30.8. The Morgan fingerprint density at radius 3 is 1.28 bits per heavy atom. The van der Waals surface area contributed by atoms with Crippen LogP contribution in [0.25, 0.3) is 60.8 Å². The highest BCUT2D eigenvalue weighted by Crippen LogP contribution is 2.51. The zero-order valence-corrected chi connectivity index (χ0v) is 90.4. The average Bonchev–Trinajstić information content (AvgIpc) is 0.775. The highest BCUT2D eigenvalue weighted by Gasteiger charge is 2.31. The first-order valence-electron chi connectivity index (χ1n) is 50.2. The van der Waals surface area contributed by atoms with Gasteiger partial charge in [0.25, 0.3) is 0 Å². The number of aromatic hydroxyl groups is 6. The van der Waals surface area contributed by atoms with Crippen molar-refractivity contribution < 1.29 is 101 Å². The fourth-order valence-electron chi connectivity index (χ4n) is 17.2. The van der Waals surface area contributed by atoms with E-state index in [9.17, 15) is 54.6 Å². The van der Waals surface area contributed by atoms with Crippen LogP contribution in [0, 0.1) is 25.7 Å². The molecule has 16 rings (SSSR count). The number of allylic oxidation sites excluding steroid dienone is 10. The number of aryl methyl sites for hydroxylation is 3. The van der Waals surface area contributed by atoms with Crippen molar-refractivity contribution in [3.8, 4) is 92.0 Å². The van der Waals surface area contributed by atoms with Crippen LogP contribution in [0.15, 0.2) is 235 Å². The van der Waals surface area contributed by atoms with Crippen molar-refractivity contribution >= 4 is 72.7 Å². The smallest absolute Gasteiger partial charge is 0.340 e. The molecular formula is C123H146O24. The van der Waals surface area contributed by atoms with Crippen LogP contribution < -0.4 is 64.2 Å². The molecule has 8 heterocycles. The van der Waals surface area contributed by atoms with Gasteiger partial charge in [-0.15, -0.1) is 0 Å². The summed E-state index contributed by atoms with van der Waals surface area (Å²) < 4.78 is 71.6. The fourth-order valence-corrected chi connectivity index (χ4v) is 17.2. The summed E-state index contributed by atoms with van der Waals surface area (Å²) in [7, 11) is 0. The van der Waals surface area contributed by atoms with Gasteiger partial charge in [-0.25, -0.2) is 14.4 Å². The summed E-state index contributed by atoms with van der Waals surface area (Å²) >= 11 is 0. The quantitative estimate of drug-likeness (QED) is 0.0168. The Balaban J connectivity index is 0.000000187. The van der Waals surface area contributed by atoms with E-state index in [0.29, 0.717) is 96.7 Å². The van der Waals surface area contributed by atoms with Gasteiger partial charge in [-0.1, -0.05) is 170 Å². The number of phenolic OH excluding ortho intramolecular Hbond substituents is 6. The second-order valence-electron chi connectivity index (χ2n) is 39.6. The third-order valence-electron chi connectivity index (χ3n) is 23.9. The SMILES string of the molecule is C=C1C=C(C)c2ccc(O)c(OC(C)C)c2O1.C=C1C=C(C)c2ccc(OC(=O)C(C)C)c(C(C)C)c2O1.C=C1C=C(C)c2ccc(OC(C)C)c(O)c2O1.C=C1C=C(CCC)c2ccc(O)c(C(C)C)c2O1.C=C1C=C(CCC)c2ccc(OC(C)C)cc2O1.CCCc1c(C(C)C)c(=O)oc2cc(O)ccc12.Cc1c(C(C)C)c(=O)oc2c(O)c(O)ccc12.Cc1c(C(C)C)c(=O)oc2cc(OC(=O)C(C)C)ccc12. The van der Waals surface area contributed by atoms with Crippen LogP contribution in [0.2, 0.25) is 0 Å². The first-order valence-corrected chi connectivity index (χ1v) is 50.2. The zero-order valence-electron chi connectivity index (χ0n) is 90.4. The van der Waals surface area contributed by atoms with E-state index in [1.165, 1.54) is 23.3 Å². The lowest BCUT2D eigenvalue weighted by Crippen LogP contribution is -2.17. The molecule has 0 spiro atoms. The molecule has 0 atom stereocenters. The lowest BCUT2D eigenvalue weighted by Gasteiger charge is -2.24. The first kappa shape index (κ1) is 116. The van der Waals surface area contributed by atoms with Gasteiger partial charge in [-0.05, 0) is 297 Å². The van der Waals surface area contributed by atoms with Gasteiger partial charge in [0.1, 0.15) is 86.0 Å². The predicted molar refractivity (Wildman–Crippen MR) is 587 cm³/mol. The summed E-state index contributed by atoms with van der Waals surface area (Å²) in [5, 5.41) is 60.9. The third kappa shape index (κ3) is 29.0. The number of esters is 2. The maximum absolute atomic E-state index is 12.1. The van der Waals surface area contributed by atoms with E-state index in [4.69, 9.17) is 60.6 Å². The number of phenols is 6. The molecule has 24 heteroatoms. The van der Waals surface area contributed by atoms with Crippen molar-refractivity contribution in [3.05, 3.63) is 311 Å². The fraction of sp³-hybridized carbons (Fsp3) is 0.358. The Kier molecular flexibility index (Phi) is 40.2. The third-order valence-corrected chi connectivity index (χ3v) is 23.9. The minimum absolute atomic E-state index is 0.00220. The molecule has 0 saturated heterocycles. The summed E-state index contributed by atoms with van der Waals surface area (Å²) in [5.74, 6) is 8.60. The Labute approximate surface area is 863 Å². The van der Waals surface area contributed by atoms with Gasteiger partial charge in [0.05, 0.1) is 30.1 Å². The number of fused-ring (bicyclic) bond motifs is 8. The summed E-state index contributed by atoms with van der Waals surface area (Å²) in [5.41, 5.74) is 17.2. The lowest BCUT2D eigenvalue weighted by atomic mass is 9.91. The van der Waals surface area contributed by atoms with Gasteiger partial charge in [-0.2, -0.15) is 0 Å². The second kappa shape index (κ2) is 51.1. The standard InChI is InChI=1S/C18H22O3.C17H20O4.2C16H20O2.C15H18O3.2C14H16O3.C13H14O4/c1-10(2)16-15(21-18(19)11(3)4)8-7-14-12(5)9-13(6)20-17(14)16;1-9(2)15-11(5)13-7-6-12(20-16(18)10(3)4)8-14(13)21-17(15)19;1-5-6-13-9-12(4)18-16-10-14(17-11(2)3)7-8-15(13)16;1-5-6-12-9-11(4)18-16-13(12)7-8-14(17)15(16)10(2)3;1-4-5-12-11-7-6-10(16)8-13(11)18-15(17)14(12)9(2)3;1-8(2)16-12-6-5-11-9(3)7-10(4)17-14(11)13(12)15;1-8(2)16-14-12(15)6-5-11-9(3)7-10(4)17-13(11)14;1-6(2)10-7(3)8-4-5-9(14)11(15)12(8)17-13(10)16/h7-11H,6H2,1-5H3;6-10H,1-5H3;7-11H,4-6H2,1-3H3;7-10,17H,4-6H2,1-3H3;6-9,16H,4-5H2,1-3H3;2*5-8,15H,4H2,1-3H3;4-6,14-15H,1-3H3. The van der Waals surface area contributed by atoms with E-state index in [-0.39, 0.29) is 112 Å². The molecule has 5 aliphatic rings. The molecule has 11 aromatic rings. The molecule has 0 bridgehead atoms. The second-order valence-corrected chi connectivity index (χ2v) is 39.6. The number of carbonyl (C=O) groups excluding carboxylic acids is 2. The van der Waals surface area contributed by atoms with Crippen molar-refractivity contribution in [2.75, 3.05) is 0 Å². The van der Waals surface area contributed by atoms with Gasteiger partial charge >= 0.3 is 28.8 Å². The Bertz CT molecular complexity index is 7130. The van der Waals surface area contributed by atoms with E-state index in [1.807, 2.05) is 217 Å². The van der Waals surface area contributed by atoms with Gasteiger partial charge in [0.15, 0.2) is 34.3 Å². The zero-order chi connectivity index (χ0) is 109. The summed E-state index contributed by atoms with van der Waals surface area (Å²) in [6, 6.07) is 33.7. The largest absolute Gasteiger partial charge is 0.508 e. The van der Waals surface area contributed by atoms with Crippen LogP contribution in [-0.2, 0) is 16.0 Å². The molecule has 782 valence electrons. The molecule has 0 fully saturated rings. The average molecular weight is 2010 g/mol. The Hall–Kier alpha value is -15.1. The van der Waals surface area contributed by atoms with E-state index in [1.54, 1.807) is 56.3 Å². The highest BCUT2D eigenvalue weighted by molar-refractivity contribution is 5.90. The van der Waals surface area contributed by atoms with Gasteiger partial charge in [0.2, 0.25) is 17.2 Å². The van der Waals surface area contributed by atoms with E-state index in [0.717, 1.165) is 150 Å². The molecule has 8 aromatic carbocycles. The molecule has 0 radical (unpaired) electrons. The van der Waals surface area contributed by atoms with Gasteiger partial charge in [0, 0.05) is 90.0 Å². The molecule has 0 aliphatic carbocycles. The van der Waals surface area contributed by atoms with Gasteiger partial charge in [-0.3, -0.25) is 9.59 Å². The number of hydrogen-bond acceptors (Lipinski definition) is 24. The number of ether oxygens (including phenoxy) is 10. The topological polar surface area (TPSA) is 338 Å². The molecule has 0 saturated carbocycles. The molecule has 147 heavy (non-hydrogen) atoms. The first-order chi connectivity index (χ1) is 69.2. The molecule has 5 aliphatic heterocycles. The normalized spacial score (nSPS) is 13.0. The summed E-state index contributed by atoms with van der Waals surface area (Å²) in [6.07, 6.45) is 15.8. The van der Waals surface area contributed by atoms with E-state index in [2.05, 4.69) is 87.4 Å². The number of carbonyl (C=O) groups is 2. The lowest BCUT2D eigenvalue weighted by molar-refractivity contribution is -0.138. The maximum atomic E-state index is 12.1. The summed E-state index contributed by atoms with van der Waals surface area (Å²) in [4.78, 5) is 59.4. The van der Waals surface area contributed by atoms with Crippen molar-refractivity contribution in [2.24, 2.45) is 11.8 Å². The highest BCUT2D eigenvalue weighted by atomic mass is 16.6. The van der Waals surface area contributed by atoms with E-state index >= 15 is 0 Å². The monoisotopic (exact) mass is 2010 g/mol. The van der Waals surface area contributed by atoms with Crippen molar-refractivity contribution in [3.63, 3.8) is 0 Å². The Morgan fingerprint density at radius 1 is 0.340 bits per heavy atom. The van der Waals surface area contributed by atoms with Gasteiger partial charge < -0.3 is 91.3 Å². The van der Waals surface area contributed by atoms with Crippen LogP contribution in [-0.4, -0.2) is 60.9 Å². The molecule has 0 amide bonds. The minimum atomic E-state index is -0.467. The maximum Gasteiger partial charge on any atom is 0.340 e. The number of benzene rings is 8. The van der Waals surface area contributed by atoms with Crippen molar-refractivity contribution in [1.82, 2.24) is 0 Å². The van der Waals surface area contributed by atoms with Crippen LogP contribution in [0.3, 0.4) is 0 Å². The minimum Gasteiger partial charge on any atom is -0.508 e. The molecule has 6 N–H and O–H groups in total. The van der Waals surface area contributed by atoms with Crippen LogP contribution in [0.1, 0.15) is 314 Å². The molecular weight excluding hydrogens is 1860 g/mol. The Morgan fingerprint density at radius 2 is 0.748 bits per heavy atom. The van der Waals surface area contributed by atoms with Crippen molar-refractivity contribution in [1.29, 1.82) is 0 Å². The molecule has 24 nitrogen and oxygen atoms in total. The molecule has 0 unspecified atom stereocenters. The number of hydrogen-bond donors (Lipinski definition) is 6. The van der Waals surface area contributed by atoms with Crippen molar-refractivity contribution in [2.45, 2.75) is 280 Å². The number of rotatable bonds is 21. The van der Waals surface area contributed by atoms with E-state index < -0.39 is 11.4 Å². The van der Waals surface area contributed by atoms with Crippen LogP contribution >= 0.6 is 0 Å².